The number of rotatable bonds is 4. The van der Waals surface area contributed by atoms with Crippen LogP contribution in [0.2, 0.25) is 0 Å². The number of nitro groups is 1. The highest BCUT2D eigenvalue weighted by Crippen LogP contribution is 2.32. The number of benzene rings is 1. The van der Waals surface area contributed by atoms with Crippen molar-refractivity contribution in [3.8, 4) is 5.82 Å². The van der Waals surface area contributed by atoms with Crippen LogP contribution >= 0.6 is 0 Å². The minimum Gasteiger partial charge on any atom is -0.334 e. The van der Waals surface area contributed by atoms with Crippen LogP contribution in [0.15, 0.2) is 55.4 Å². The fourth-order valence-electron chi connectivity index (χ4n) is 2.70. The first-order valence-electron chi connectivity index (χ1n) is 7.74. The van der Waals surface area contributed by atoms with Gasteiger partial charge in [-0.25, -0.2) is 15.0 Å². The largest absolute Gasteiger partial charge is 0.354 e. The number of imidazole rings is 1. The molecule has 26 heavy (non-hydrogen) atoms. The Balaban J connectivity index is 1.85. The Labute approximate surface area is 147 Å². The number of pyridine rings is 1. The molecule has 9 heteroatoms. The average molecular weight is 347 g/mol. The molecule has 0 atom stereocenters. The highest BCUT2D eigenvalue weighted by Gasteiger charge is 2.24. The van der Waals surface area contributed by atoms with E-state index >= 15 is 0 Å². The summed E-state index contributed by atoms with van der Waals surface area (Å²) in [7, 11) is 0. The van der Waals surface area contributed by atoms with Crippen LogP contribution in [0.1, 0.15) is 5.69 Å². The first kappa shape index (κ1) is 15.6. The molecular weight excluding hydrogens is 334 g/mol. The van der Waals surface area contributed by atoms with Crippen LogP contribution in [0, 0.1) is 17.0 Å². The van der Waals surface area contributed by atoms with Gasteiger partial charge in [-0.2, -0.15) is 0 Å². The molecule has 0 spiro atoms. The lowest BCUT2D eigenvalue weighted by atomic mass is 10.1. The van der Waals surface area contributed by atoms with E-state index in [-0.39, 0.29) is 17.3 Å². The van der Waals surface area contributed by atoms with Crippen molar-refractivity contribution in [3.05, 3.63) is 71.2 Å². The molecule has 1 N–H and O–H groups in total. The van der Waals surface area contributed by atoms with Crippen molar-refractivity contribution < 1.29 is 4.92 Å². The third kappa shape index (κ3) is 2.71. The van der Waals surface area contributed by atoms with Crippen LogP contribution in [0.5, 0.6) is 0 Å². The zero-order valence-electron chi connectivity index (χ0n) is 13.7. The standard InChI is InChI=1S/C17H13N7O2/c1-11-5-6-12-13(21-11)3-2-4-14(12)22-16-15(24(25)26)17(20-9-19-16)23-8-7-18-10-23/h2-10H,1H3,(H,19,20,22). The van der Waals surface area contributed by atoms with Crippen LogP contribution in [-0.4, -0.2) is 29.4 Å². The Morgan fingerprint density at radius 2 is 2.08 bits per heavy atom. The highest BCUT2D eigenvalue weighted by molar-refractivity contribution is 5.93. The molecule has 0 amide bonds. The summed E-state index contributed by atoms with van der Waals surface area (Å²) in [4.78, 5) is 27.7. The maximum Gasteiger partial charge on any atom is 0.354 e. The summed E-state index contributed by atoms with van der Waals surface area (Å²) in [5, 5.41) is 15.6. The molecule has 0 fully saturated rings. The van der Waals surface area contributed by atoms with E-state index in [9.17, 15) is 10.1 Å². The second kappa shape index (κ2) is 6.20. The molecule has 0 bridgehead atoms. The van der Waals surface area contributed by atoms with Gasteiger partial charge in [0, 0.05) is 29.2 Å². The molecule has 0 saturated carbocycles. The van der Waals surface area contributed by atoms with Gasteiger partial charge in [-0.15, -0.1) is 0 Å². The van der Waals surface area contributed by atoms with Gasteiger partial charge >= 0.3 is 5.69 Å². The van der Waals surface area contributed by atoms with Crippen molar-refractivity contribution >= 4 is 28.1 Å². The lowest BCUT2D eigenvalue weighted by Gasteiger charge is -2.11. The highest BCUT2D eigenvalue weighted by atomic mass is 16.6. The van der Waals surface area contributed by atoms with Crippen LogP contribution in [0.3, 0.4) is 0 Å². The molecule has 0 aliphatic rings. The van der Waals surface area contributed by atoms with Crippen molar-refractivity contribution in [1.82, 2.24) is 24.5 Å². The van der Waals surface area contributed by atoms with E-state index in [0.29, 0.717) is 5.69 Å². The van der Waals surface area contributed by atoms with Gasteiger partial charge in [-0.3, -0.25) is 19.7 Å². The number of aromatic nitrogens is 5. The number of nitrogens with one attached hydrogen (secondary N) is 1. The summed E-state index contributed by atoms with van der Waals surface area (Å²) >= 11 is 0. The van der Waals surface area contributed by atoms with E-state index in [0.717, 1.165) is 16.6 Å². The molecule has 0 aliphatic carbocycles. The molecule has 3 aromatic heterocycles. The molecule has 1 aromatic carbocycles. The maximum absolute atomic E-state index is 11.7. The van der Waals surface area contributed by atoms with Gasteiger partial charge in [0.15, 0.2) is 0 Å². The molecule has 128 valence electrons. The molecule has 4 rings (SSSR count). The summed E-state index contributed by atoms with van der Waals surface area (Å²) < 4.78 is 1.47. The third-order valence-electron chi connectivity index (χ3n) is 3.86. The lowest BCUT2D eigenvalue weighted by Crippen LogP contribution is -2.07. The van der Waals surface area contributed by atoms with E-state index in [2.05, 4.69) is 25.3 Å². The molecule has 0 radical (unpaired) electrons. The summed E-state index contributed by atoms with van der Waals surface area (Å²) in [6.45, 7) is 1.91. The zero-order chi connectivity index (χ0) is 18.1. The first-order chi connectivity index (χ1) is 12.6. The van der Waals surface area contributed by atoms with Crippen LogP contribution in [0.4, 0.5) is 17.2 Å². The van der Waals surface area contributed by atoms with Crippen molar-refractivity contribution in [3.63, 3.8) is 0 Å². The molecule has 0 saturated heterocycles. The number of hydrogen-bond donors (Lipinski definition) is 1. The van der Waals surface area contributed by atoms with Gasteiger partial charge in [-0.1, -0.05) is 6.07 Å². The molecule has 0 unspecified atom stereocenters. The smallest absolute Gasteiger partial charge is 0.334 e. The Morgan fingerprint density at radius 3 is 2.85 bits per heavy atom. The Bertz CT molecular complexity index is 1110. The van der Waals surface area contributed by atoms with Gasteiger partial charge in [0.1, 0.15) is 12.7 Å². The van der Waals surface area contributed by atoms with E-state index in [1.54, 1.807) is 6.20 Å². The van der Waals surface area contributed by atoms with Crippen LogP contribution < -0.4 is 5.32 Å². The molecule has 9 nitrogen and oxygen atoms in total. The van der Waals surface area contributed by atoms with E-state index in [4.69, 9.17) is 0 Å². The lowest BCUT2D eigenvalue weighted by molar-refractivity contribution is -0.384. The third-order valence-corrected chi connectivity index (χ3v) is 3.86. The number of nitrogens with zero attached hydrogens (tertiary/aromatic N) is 6. The van der Waals surface area contributed by atoms with Crippen molar-refractivity contribution in [2.75, 3.05) is 5.32 Å². The first-order valence-corrected chi connectivity index (χ1v) is 7.74. The minimum atomic E-state index is -0.509. The predicted octanol–water partition coefficient (Wildman–Crippen LogP) is 3.17. The van der Waals surface area contributed by atoms with Gasteiger partial charge in [0.2, 0.25) is 11.6 Å². The van der Waals surface area contributed by atoms with Crippen molar-refractivity contribution in [2.24, 2.45) is 0 Å². The predicted molar refractivity (Wildman–Crippen MR) is 95.6 cm³/mol. The molecule has 3 heterocycles. The molecule has 4 aromatic rings. The molecule has 0 aliphatic heterocycles. The monoisotopic (exact) mass is 347 g/mol. The Morgan fingerprint density at radius 1 is 1.19 bits per heavy atom. The Kier molecular flexibility index (Phi) is 3.73. The summed E-state index contributed by atoms with van der Waals surface area (Å²) in [5.41, 5.74) is 2.13. The summed E-state index contributed by atoms with van der Waals surface area (Å²) in [6.07, 6.45) is 5.84. The van der Waals surface area contributed by atoms with Gasteiger partial charge in [-0.05, 0) is 31.2 Å². The number of anilines is 2. The fourth-order valence-corrected chi connectivity index (χ4v) is 2.70. The zero-order valence-corrected chi connectivity index (χ0v) is 13.7. The maximum atomic E-state index is 11.7. The topological polar surface area (TPSA) is 112 Å². The van der Waals surface area contributed by atoms with E-state index in [1.165, 1.54) is 23.4 Å². The second-order valence-electron chi connectivity index (χ2n) is 5.57. The van der Waals surface area contributed by atoms with Crippen LogP contribution in [0.25, 0.3) is 16.7 Å². The van der Waals surface area contributed by atoms with Crippen molar-refractivity contribution in [1.29, 1.82) is 0 Å². The summed E-state index contributed by atoms with van der Waals surface area (Å²) in [5.74, 6) is 0.237. The Hall–Kier alpha value is -3.88. The fraction of sp³-hybridized carbons (Fsp3) is 0.0588. The minimum absolute atomic E-state index is 0.0989. The number of hydrogen-bond acceptors (Lipinski definition) is 7. The van der Waals surface area contributed by atoms with E-state index in [1.807, 2.05) is 37.3 Å². The van der Waals surface area contributed by atoms with Gasteiger partial charge in [0.05, 0.1) is 10.4 Å². The van der Waals surface area contributed by atoms with Crippen molar-refractivity contribution in [2.45, 2.75) is 6.92 Å². The average Bonchev–Trinajstić information content (AvgIpc) is 3.16. The van der Waals surface area contributed by atoms with Gasteiger partial charge < -0.3 is 5.32 Å². The van der Waals surface area contributed by atoms with Crippen LogP contribution in [-0.2, 0) is 0 Å². The number of fused-ring (bicyclic) bond motifs is 1. The summed E-state index contributed by atoms with van der Waals surface area (Å²) in [6, 6.07) is 9.35. The quantitative estimate of drug-likeness (QED) is 0.446. The second-order valence-corrected chi connectivity index (χ2v) is 5.57. The SMILES string of the molecule is Cc1ccc2c(Nc3ncnc(-n4ccnc4)c3[N+](=O)[O-])cccc2n1. The molecular formula is C17H13N7O2. The normalized spacial score (nSPS) is 10.8. The van der Waals surface area contributed by atoms with E-state index < -0.39 is 4.92 Å². The van der Waals surface area contributed by atoms with Gasteiger partial charge in [0.25, 0.3) is 0 Å². The number of aryl methyl sites for hydroxylation is 1.